The van der Waals surface area contributed by atoms with Gasteiger partial charge in [-0.05, 0) is 34.1 Å². The Labute approximate surface area is 143 Å². The summed E-state index contributed by atoms with van der Waals surface area (Å²) in [7, 11) is 0. The molecule has 21 heavy (non-hydrogen) atoms. The minimum Gasteiger partial charge on any atom is -0.319 e. The Morgan fingerprint density at radius 1 is 1.29 bits per heavy atom. The van der Waals surface area contributed by atoms with E-state index >= 15 is 0 Å². The number of nitrogens with zero attached hydrogens (tertiary/aromatic N) is 2. The van der Waals surface area contributed by atoms with Crippen LogP contribution >= 0.6 is 50.7 Å². The molecule has 0 spiro atoms. The largest absolute Gasteiger partial charge is 0.319 e. The third kappa shape index (κ3) is 3.40. The average molecular weight is 411 g/mol. The van der Waals surface area contributed by atoms with Crippen LogP contribution < -0.4 is 5.32 Å². The number of hydrogen-bond donors (Lipinski definition) is 1. The van der Waals surface area contributed by atoms with Crippen molar-refractivity contribution >= 4 is 68.2 Å². The monoisotopic (exact) mass is 409 g/mol. The Bertz CT molecular complexity index is 746. The number of carbonyl (C=O) groups is 2. The van der Waals surface area contributed by atoms with E-state index in [0.29, 0.717) is 10.7 Å². The zero-order valence-corrected chi connectivity index (χ0v) is 14.3. The molecule has 1 amide bonds. The molecule has 2 rings (SSSR count). The molecule has 1 heterocycles. The van der Waals surface area contributed by atoms with Crippen LogP contribution in [0.1, 0.15) is 22.2 Å². The molecule has 1 aromatic heterocycles. The van der Waals surface area contributed by atoms with E-state index in [1.807, 2.05) is 0 Å². The van der Waals surface area contributed by atoms with Gasteiger partial charge in [-0.3, -0.25) is 9.59 Å². The number of amides is 1. The SMILES string of the molecule is CC(=O)n1nc(C(=O)Nc2ccc(Cl)cc2Cl)c(Br)c1Cl. The summed E-state index contributed by atoms with van der Waals surface area (Å²) in [5, 5.41) is 7.18. The third-order valence-corrected chi connectivity index (χ3v) is 4.34. The predicted octanol–water partition coefficient (Wildman–Crippen LogP) is 4.52. The van der Waals surface area contributed by atoms with Gasteiger partial charge in [-0.15, -0.1) is 0 Å². The second-order valence-corrected chi connectivity index (χ2v) is 5.96. The second kappa shape index (κ2) is 6.36. The van der Waals surface area contributed by atoms with Gasteiger partial charge >= 0.3 is 0 Å². The Balaban J connectivity index is 2.33. The van der Waals surface area contributed by atoms with Crippen LogP contribution in [-0.2, 0) is 0 Å². The van der Waals surface area contributed by atoms with Gasteiger partial charge in [0.1, 0.15) is 0 Å². The Kier molecular flexibility index (Phi) is 4.93. The molecule has 0 unspecified atom stereocenters. The minimum absolute atomic E-state index is 0.0230. The third-order valence-electron chi connectivity index (χ3n) is 2.47. The van der Waals surface area contributed by atoms with Gasteiger partial charge in [0.25, 0.3) is 5.91 Å². The van der Waals surface area contributed by atoms with Crippen molar-refractivity contribution in [2.24, 2.45) is 0 Å². The van der Waals surface area contributed by atoms with Crippen LogP contribution in [0.5, 0.6) is 0 Å². The van der Waals surface area contributed by atoms with Crippen LogP contribution in [-0.4, -0.2) is 21.6 Å². The molecule has 0 radical (unpaired) electrons. The lowest BCUT2D eigenvalue weighted by Crippen LogP contribution is -2.15. The molecular formula is C12H7BrCl3N3O2. The summed E-state index contributed by atoms with van der Waals surface area (Å²) in [6, 6.07) is 4.63. The minimum atomic E-state index is -0.562. The van der Waals surface area contributed by atoms with Gasteiger partial charge < -0.3 is 5.32 Å². The number of hydrogen-bond acceptors (Lipinski definition) is 3. The molecule has 1 aromatic carbocycles. The number of anilines is 1. The van der Waals surface area contributed by atoms with E-state index in [2.05, 4.69) is 26.3 Å². The molecular weight excluding hydrogens is 404 g/mol. The van der Waals surface area contributed by atoms with E-state index in [4.69, 9.17) is 34.8 Å². The van der Waals surface area contributed by atoms with Gasteiger partial charge in [0.05, 0.1) is 15.2 Å². The quantitative estimate of drug-likeness (QED) is 0.790. The Morgan fingerprint density at radius 2 is 1.95 bits per heavy atom. The topological polar surface area (TPSA) is 64.0 Å². The van der Waals surface area contributed by atoms with Crippen LogP contribution in [0.25, 0.3) is 0 Å². The zero-order chi connectivity index (χ0) is 15.7. The van der Waals surface area contributed by atoms with Crippen molar-refractivity contribution in [1.82, 2.24) is 9.78 Å². The van der Waals surface area contributed by atoms with Crippen molar-refractivity contribution < 1.29 is 9.59 Å². The van der Waals surface area contributed by atoms with Crippen LogP contribution in [0.4, 0.5) is 5.69 Å². The van der Waals surface area contributed by atoms with Crippen molar-refractivity contribution in [3.63, 3.8) is 0 Å². The van der Waals surface area contributed by atoms with Crippen LogP contribution in [0.3, 0.4) is 0 Å². The summed E-state index contributed by atoms with van der Waals surface area (Å²) in [5.41, 5.74) is 0.340. The predicted molar refractivity (Wildman–Crippen MR) is 85.7 cm³/mol. The summed E-state index contributed by atoms with van der Waals surface area (Å²) in [6.07, 6.45) is 0. The Hall–Kier alpha value is -1.08. The van der Waals surface area contributed by atoms with Crippen molar-refractivity contribution in [1.29, 1.82) is 0 Å². The number of aromatic nitrogens is 2. The molecule has 0 fully saturated rings. The molecule has 0 aliphatic heterocycles. The normalized spacial score (nSPS) is 10.5. The first kappa shape index (κ1) is 16.3. The average Bonchev–Trinajstić information content (AvgIpc) is 2.70. The summed E-state index contributed by atoms with van der Waals surface area (Å²) >= 11 is 20.8. The van der Waals surface area contributed by atoms with Gasteiger partial charge in [-0.1, -0.05) is 34.8 Å². The highest BCUT2D eigenvalue weighted by atomic mass is 79.9. The fourth-order valence-electron chi connectivity index (χ4n) is 1.50. The maximum absolute atomic E-state index is 12.2. The van der Waals surface area contributed by atoms with Gasteiger partial charge in [-0.25, -0.2) is 0 Å². The maximum Gasteiger partial charge on any atom is 0.277 e. The molecule has 5 nitrogen and oxygen atoms in total. The first-order valence-electron chi connectivity index (χ1n) is 5.52. The van der Waals surface area contributed by atoms with E-state index < -0.39 is 11.8 Å². The molecule has 9 heteroatoms. The van der Waals surface area contributed by atoms with Crippen molar-refractivity contribution in [3.8, 4) is 0 Å². The van der Waals surface area contributed by atoms with Crippen LogP contribution in [0, 0.1) is 0 Å². The summed E-state index contributed by atoms with van der Waals surface area (Å²) in [5.74, 6) is -0.975. The summed E-state index contributed by atoms with van der Waals surface area (Å²) < 4.78 is 1.14. The molecule has 0 aliphatic rings. The van der Waals surface area contributed by atoms with E-state index in [0.717, 1.165) is 4.68 Å². The standard InChI is InChI=1S/C12H7BrCl3N3O2/c1-5(20)19-11(16)9(13)10(18-19)12(21)17-8-3-2-6(14)4-7(8)15/h2-4H,1H3,(H,17,21). The highest BCUT2D eigenvalue weighted by Gasteiger charge is 2.22. The van der Waals surface area contributed by atoms with Crippen molar-refractivity contribution in [3.05, 3.63) is 43.6 Å². The molecule has 0 atom stereocenters. The number of nitrogens with one attached hydrogen (secondary N) is 1. The molecule has 1 N–H and O–H groups in total. The lowest BCUT2D eigenvalue weighted by atomic mass is 10.3. The highest BCUT2D eigenvalue weighted by molar-refractivity contribution is 9.10. The van der Waals surface area contributed by atoms with Crippen LogP contribution in [0.2, 0.25) is 15.2 Å². The number of benzene rings is 1. The fraction of sp³-hybridized carbons (Fsp3) is 0.0833. The smallest absolute Gasteiger partial charge is 0.277 e. The number of halogens is 4. The zero-order valence-electron chi connectivity index (χ0n) is 10.5. The highest BCUT2D eigenvalue weighted by Crippen LogP contribution is 2.29. The summed E-state index contributed by atoms with van der Waals surface area (Å²) in [4.78, 5) is 23.5. The number of rotatable bonds is 2. The molecule has 2 aromatic rings. The van der Waals surface area contributed by atoms with Gasteiger partial charge in [0.15, 0.2) is 10.8 Å². The first-order chi connectivity index (χ1) is 9.81. The number of carbonyl (C=O) groups excluding carboxylic acids is 2. The molecule has 0 saturated carbocycles. The molecule has 0 saturated heterocycles. The van der Waals surface area contributed by atoms with E-state index in [1.165, 1.54) is 13.0 Å². The van der Waals surface area contributed by atoms with Crippen LogP contribution in [0.15, 0.2) is 22.7 Å². The van der Waals surface area contributed by atoms with Gasteiger partial charge in [0, 0.05) is 11.9 Å². The molecule has 110 valence electrons. The summed E-state index contributed by atoms with van der Waals surface area (Å²) in [6.45, 7) is 1.28. The lowest BCUT2D eigenvalue weighted by Gasteiger charge is -2.06. The van der Waals surface area contributed by atoms with Crippen molar-refractivity contribution in [2.45, 2.75) is 6.92 Å². The van der Waals surface area contributed by atoms with E-state index in [9.17, 15) is 9.59 Å². The second-order valence-electron chi connectivity index (χ2n) is 3.96. The fourth-order valence-corrected chi connectivity index (χ4v) is 2.63. The van der Waals surface area contributed by atoms with Gasteiger partial charge in [-0.2, -0.15) is 9.78 Å². The van der Waals surface area contributed by atoms with Gasteiger partial charge in [0.2, 0.25) is 5.91 Å². The van der Waals surface area contributed by atoms with E-state index in [1.54, 1.807) is 12.1 Å². The molecule has 0 bridgehead atoms. The molecule has 0 aliphatic carbocycles. The Morgan fingerprint density at radius 3 is 2.48 bits per heavy atom. The maximum atomic E-state index is 12.2. The van der Waals surface area contributed by atoms with Crippen molar-refractivity contribution in [2.75, 3.05) is 5.32 Å². The first-order valence-corrected chi connectivity index (χ1v) is 7.45. The van der Waals surface area contributed by atoms with E-state index in [-0.39, 0.29) is 20.3 Å². The lowest BCUT2D eigenvalue weighted by molar-refractivity contribution is 0.0920.